The van der Waals surface area contributed by atoms with E-state index in [9.17, 15) is 14.5 Å². The fourth-order valence-electron chi connectivity index (χ4n) is 3.06. The number of halogens is 1. The van der Waals surface area contributed by atoms with Crippen LogP contribution in [0.3, 0.4) is 0 Å². The minimum absolute atomic E-state index is 0.0253. The molecular formula is C19H34FN3O5Si. The molecule has 0 aliphatic carbocycles. The second kappa shape index (κ2) is 9.52. The molecule has 2 rings (SSSR count). The summed E-state index contributed by atoms with van der Waals surface area (Å²) in [6, 6.07) is -0.573. The number of hydrogen-bond donors (Lipinski definition) is 0. The van der Waals surface area contributed by atoms with Crippen LogP contribution < -0.4 is 4.74 Å². The highest BCUT2D eigenvalue weighted by molar-refractivity contribution is 6.74. The Morgan fingerprint density at radius 1 is 1.38 bits per heavy atom. The van der Waals surface area contributed by atoms with Crippen LogP contribution in [0.5, 0.6) is 5.88 Å². The van der Waals surface area contributed by atoms with Gasteiger partial charge in [0.2, 0.25) is 0 Å². The molecule has 1 aromatic heterocycles. The number of hydrogen-bond acceptors (Lipinski definition) is 6. The van der Waals surface area contributed by atoms with Crippen molar-refractivity contribution in [2.75, 3.05) is 26.4 Å². The van der Waals surface area contributed by atoms with Crippen molar-refractivity contribution in [1.29, 1.82) is 0 Å². The molecule has 0 amide bonds. The average Bonchev–Trinajstić information content (AvgIpc) is 2.99. The van der Waals surface area contributed by atoms with E-state index in [0.717, 1.165) is 0 Å². The van der Waals surface area contributed by atoms with Gasteiger partial charge in [0.1, 0.15) is 11.9 Å². The van der Waals surface area contributed by atoms with Crippen LogP contribution in [-0.4, -0.2) is 55.6 Å². The predicted octanol–water partition coefficient (Wildman–Crippen LogP) is 4.44. The molecule has 1 aliphatic heterocycles. The molecule has 8 nitrogen and oxygen atoms in total. The molecule has 1 aromatic rings. The Bertz CT molecular complexity index is 705. The van der Waals surface area contributed by atoms with Gasteiger partial charge in [-0.15, -0.1) is 5.10 Å². The fraction of sp³-hybridized carbons (Fsp3) is 0.842. The standard InChI is InChI=1S/C19H34FN3O5Si/c1-7-15-17(23(24)25)18(21-22(15)16-9-12-26-13-14(16)20)27-10-8-11-28-29(5,6)19(2,3)4/h14,16H,7-13H2,1-6H3/t14-,16-/m0/s1. The van der Waals surface area contributed by atoms with Crippen LogP contribution in [0.2, 0.25) is 18.1 Å². The quantitative estimate of drug-likeness (QED) is 0.248. The molecule has 166 valence electrons. The minimum Gasteiger partial charge on any atom is -0.472 e. The highest BCUT2D eigenvalue weighted by Gasteiger charge is 2.37. The van der Waals surface area contributed by atoms with E-state index >= 15 is 0 Å². The van der Waals surface area contributed by atoms with Crippen LogP contribution in [0.25, 0.3) is 0 Å². The Kier molecular flexibility index (Phi) is 7.80. The van der Waals surface area contributed by atoms with E-state index in [-0.39, 0.29) is 29.8 Å². The zero-order valence-corrected chi connectivity index (χ0v) is 19.4. The smallest absolute Gasteiger partial charge is 0.353 e. The third-order valence-electron chi connectivity index (χ3n) is 5.83. The molecule has 0 aromatic carbocycles. The van der Waals surface area contributed by atoms with Crippen molar-refractivity contribution in [3.05, 3.63) is 15.8 Å². The summed E-state index contributed by atoms with van der Waals surface area (Å²) in [6.07, 6.45) is 0.137. The zero-order valence-electron chi connectivity index (χ0n) is 18.4. The molecule has 2 heterocycles. The minimum atomic E-state index is -1.84. The first-order valence-electron chi connectivity index (χ1n) is 10.2. The second-order valence-corrected chi connectivity index (χ2v) is 13.7. The molecule has 0 N–H and O–H groups in total. The van der Waals surface area contributed by atoms with Crippen LogP contribution in [0, 0.1) is 10.1 Å². The highest BCUT2D eigenvalue weighted by Crippen LogP contribution is 2.37. The van der Waals surface area contributed by atoms with Gasteiger partial charge in [-0.25, -0.2) is 4.39 Å². The Labute approximate surface area is 173 Å². The topological polar surface area (TPSA) is 88.7 Å². The lowest BCUT2D eigenvalue weighted by Gasteiger charge is -2.36. The maximum atomic E-state index is 14.3. The first-order valence-corrected chi connectivity index (χ1v) is 13.1. The fourth-order valence-corrected chi connectivity index (χ4v) is 4.15. The first kappa shape index (κ1) is 23.8. The SMILES string of the molecule is CCc1c([N+](=O)[O-])c(OCCCO[Si](C)(C)C(C)(C)C)nn1[C@H]1CCOC[C@@H]1F. The molecular weight excluding hydrogens is 397 g/mol. The van der Waals surface area contributed by atoms with Crippen LogP contribution in [0.15, 0.2) is 0 Å². The van der Waals surface area contributed by atoms with E-state index in [1.165, 1.54) is 4.68 Å². The third-order valence-corrected chi connectivity index (χ3v) is 10.4. The van der Waals surface area contributed by atoms with Crippen LogP contribution in [0.4, 0.5) is 10.1 Å². The van der Waals surface area contributed by atoms with Crippen molar-refractivity contribution in [2.24, 2.45) is 0 Å². The normalized spacial score (nSPS) is 20.7. The van der Waals surface area contributed by atoms with E-state index in [4.69, 9.17) is 13.9 Å². The molecule has 1 fully saturated rings. The highest BCUT2D eigenvalue weighted by atomic mass is 28.4. The Balaban J connectivity index is 2.07. The van der Waals surface area contributed by atoms with Crippen molar-refractivity contribution in [3.63, 3.8) is 0 Å². The summed E-state index contributed by atoms with van der Waals surface area (Å²) in [7, 11) is -1.84. The number of ether oxygens (including phenoxy) is 2. The van der Waals surface area contributed by atoms with Gasteiger partial charge in [-0.05, 0) is 31.0 Å². The van der Waals surface area contributed by atoms with E-state index in [0.29, 0.717) is 38.2 Å². The Hall–Kier alpha value is -1.52. The number of aromatic nitrogens is 2. The molecule has 0 saturated carbocycles. The molecule has 1 saturated heterocycles. The van der Waals surface area contributed by atoms with Gasteiger partial charge >= 0.3 is 11.6 Å². The van der Waals surface area contributed by atoms with Crippen molar-refractivity contribution in [3.8, 4) is 5.88 Å². The van der Waals surface area contributed by atoms with Crippen LogP contribution in [0.1, 0.15) is 52.3 Å². The van der Waals surface area contributed by atoms with Gasteiger partial charge in [-0.2, -0.15) is 0 Å². The van der Waals surface area contributed by atoms with Crippen LogP contribution in [-0.2, 0) is 15.6 Å². The monoisotopic (exact) mass is 431 g/mol. The molecule has 0 radical (unpaired) electrons. The van der Waals surface area contributed by atoms with Crippen molar-refractivity contribution in [1.82, 2.24) is 9.78 Å². The van der Waals surface area contributed by atoms with Crippen LogP contribution >= 0.6 is 0 Å². The largest absolute Gasteiger partial charge is 0.472 e. The van der Waals surface area contributed by atoms with Crippen molar-refractivity contribution < 1.29 is 23.2 Å². The predicted molar refractivity (Wildman–Crippen MR) is 111 cm³/mol. The molecule has 10 heteroatoms. The lowest BCUT2D eigenvalue weighted by atomic mass is 10.1. The van der Waals surface area contributed by atoms with E-state index < -0.39 is 25.5 Å². The second-order valence-electron chi connectivity index (χ2n) is 8.91. The molecule has 0 bridgehead atoms. The van der Waals surface area contributed by atoms with Gasteiger partial charge in [0.25, 0.3) is 0 Å². The van der Waals surface area contributed by atoms with E-state index in [1.807, 2.05) is 0 Å². The van der Waals surface area contributed by atoms with Crippen molar-refractivity contribution in [2.45, 2.75) is 77.3 Å². The molecule has 2 atom stereocenters. The van der Waals surface area contributed by atoms with Gasteiger partial charge in [-0.3, -0.25) is 14.8 Å². The maximum Gasteiger partial charge on any atom is 0.353 e. The third kappa shape index (κ3) is 5.55. The molecule has 1 aliphatic rings. The van der Waals surface area contributed by atoms with Gasteiger partial charge in [-0.1, -0.05) is 27.7 Å². The number of nitrogens with zero attached hydrogens (tertiary/aromatic N) is 3. The van der Waals surface area contributed by atoms with Gasteiger partial charge < -0.3 is 13.9 Å². The number of alkyl halides is 1. The van der Waals surface area contributed by atoms with Gasteiger partial charge in [0.15, 0.2) is 8.32 Å². The van der Waals surface area contributed by atoms with E-state index in [1.54, 1.807) is 6.92 Å². The summed E-state index contributed by atoms with van der Waals surface area (Å²) < 4.78 is 32.7. The summed E-state index contributed by atoms with van der Waals surface area (Å²) in [5.41, 5.74) is 0.216. The summed E-state index contributed by atoms with van der Waals surface area (Å²) in [5.74, 6) is -0.0436. The number of nitro groups is 1. The number of rotatable bonds is 9. The first-order chi connectivity index (χ1) is 13.5. The Morgan fingerprint density at radius 3 is 2.62 bits per heavy atom. The average molecular weight is 432 g/mol. The van der Waals surface area contributed by atoms with Gasteiger partial charge in [0, 0.05) is 19.6 Å². The summed E-state index contributed by atoms with van der Waals surface area (Å²) in [4.78, 5) is 11.2. The summed E-state index contributed by atoms with van der Waals surface area (Å²) in [6.45, 7) is 13.8. The molecule has 0 unspecified atom stereocenters. The summed E-state index contributed by atoms with van der Waals surface area (Å²) >= 11 is 0. The Morgan fingerprint density at radius 2 is 2.07 bits per heavy atom. The van der Waals surface area contributed by atoms with Crippen molar-refractivity contribution >= 4 is 14.0 Å². The lowest BCUT2D eigenvalue weighted by Crippen LogP contribution is -2.41. The van der Waals surface area contributed by atoms with E-state index in [2.05, 4.69) is 39.0 Å². The molecule has 0 spiro atoms. The molecule has 29 heavy (non-hydrogen) atoms. The zero-order chi connectivity index (χ0) is 21.8. The maximum absolute atomic E-state index is 14.3. The van der Waals surface area contributed by atoms with Gasteiger partial charge in [0.05, 0.1) is 24.2 Å². The summed E-state index contributed by atoms with van der Waals surface area (Å²) in [5, 5.41) is 16.1. The lowest BCUT2D eigenvalue weighted by molar-refractivity contribution is -0.386.